The number of carbonyl (C=O) groups excluding carboxylic acids is 1. The Labute approximate surface area is 189 Å². The first-order valence-electron chi connectivity index (χ1n) is 10.6. The molecule has 7 nitrogen and oxygen atoms in total. The number of hydrogen-bond donors (Lipinski definition) is 0. The van der Waals surface area contributed by atoms with Crippen LogP contribution < -0.4 is 4.90 Å². The zero-order valence-corrected chi connectivity index (χ0v) is 19.7. The van der Waals surface area contributed by atoms with Crippen LogP contribution in [-0.2, 0) is 41.4 Å². The number of rotatable bonds is 5. The van der Waals surface area contributed by atoms with Gasteiger partial charge in [-0.3, -0.25) is 9.48 Å². The van der Waals surface area contributed by atoms with Crippen LogP contribution in [0.2, 0.25) is 0 Å². The van der Waals surface area contributed by atoms with Crippen LogP contribution in [0.5, 0.6) is 0 Å². The lowest BCUT2D eigenvalue weighted by molar-refractivity contribution is -0.116. The first-order chi connectivity index (χ1) is 15.2. The minimum atomic E-state index is -3.64. The molecule has 0 N–H and O–H groups in total. The second-order valence-electron chi connectivity index (χ2n) is 8.35. The standard InChI is InChI=1S/C24H28N4O3S/c1-17-12-18(2)14-21(13-17)32(30,31)27-11-10-24-22(15-27)23(25-26(24)4)16-28(19(3)29)20-8-6-5-7-9-20/h5-9,12-14H,10-11,15-16H2,1-4H3. The highest BCUT2D eigenvalue weighted by molar-refractivity contribution is 7.89. The van der Waals surface area contributed by atoms with Crippen LogP contribution in [0.15, 0.2) is 53.4 Å². The van der Waals surface area contributed by atoms with Crippen LogP contribution in [0.3, 0.4) is 0 Å². The van der Waals surface area contributed by atoms with Crippen molar-refractivity contribution < 1.29 is 13.2 Å². The van der Waals surface area contributed by atoms with Gasteiger partial charge in [-0.15, -0.1) is 0 Å². The Kier molecular flexibility index (Phi) is 5.92. The average molecular weight is 453 g/mol. The Bertz CT molecular complexity index is 1250. The summed E-state index contributed by atoms with van der Waals surface area (Å²) in [7, 11) is -1.77. The summed E-state index contributed by atoms with van der Waals surface area (Å²) in [6.07, 6.45) is 0.578. The fourth-order valence-electron chi connectivity index (χ4n) is 4.35. The SMILES string of the molecule is CC(=O)N(Cc1nn(C)c2c1CN(S(=O)(=O)c1cc(C)cc(C)c1)CC2)c1ccccc1. The first-order valence-corrected chi connectivity index (χ1v) is 12.1. The minimum Gasteiger partial charge on any atom is -0.307 e. The van der Waals surface area contributed by atoms with Gasteiger partial charge in [-0.25, -0.2) is 8.42 Å². The quantitative estimate of drug-likeness (QED) is 0.595. The Balaban J connectivity index is 1.67. The van der Waals surface area contributed by atoms with E-state index in [1.54, 1.807) is 17.0 Å². The molecule has 168 valence electrons. The summed E-state index contributed by atoms with van der Waals surface area (Å²) in [6, 6.07) is 14.8. The number of carbonyl (C=O) groups is 1. The van der Waals surface area contributed by atoms with Gasteiger partial charge in [-0.1, -0.05) is 24.3 Å². The topological polar surface area (TPSA) is 75.5 Å². The van der Waals surface area contributed by atoms with Gasteiger partial charge in [0.25, 0.3) is 0 Å². The van der Waals surface area contributed by atoms with Gasteiger partial charge in [-0.2, -0.15) is 9.40 Å². The molecule has 8 heteroatoms. The second kappa shape index (κ2) is 8.52. The molecule has 2 aromatic carbocycles. The number of hydrogen-bond acceptors (Lipinski definition) is 4. The molecule has 1 amide bonds. The van der Waals surface area contributed by atoms with E-state index in [2.05, 4.69) is 5.10 Å². The van der Waals surface area contributed by atoms with Gasteiger partial charge in [0.05, 0.1) is 17.1 Å². The Morgan fingerprint density at radius 2 is 1.75 bits per heavy atom. The summed E-state index contributed by atoms with van der Waals surface area (Å²) < 4.78 is 30.1. The summed E-state index contributed by atoms with van der Waals surface area (Å²) in [5.74, 6) is -0.0915. The third-order valence-electron chi connectivity index (χ3n) is 5.88. The molecule has 0 fully saturated rings. The first kappa shape index (κ1) is 22.2. The highest BCUT2D eigenvalue weighted by atomic mass is 32.2. The van der Waals surface area contributed by atoms with Crippen molar-refractivity contribution in [2.75, 3.05) is 11.4 Å². The van der Waals surface area contributed by atoms with Gasteiger partial charge in [-0.05, 0) is 49.2 Å². The maximum absolute atomic E-state index is 13.4. The molecule has 0 saturated heterocycles. The van der Waals surface area contributed by atoms with Crippen molar-refractivity contribution >= 4 is 21.6 Å². The van der Waals surface area contributed by atoms with Crippen molar-refractivity contribution in [3.63, 3.8) is 0 Å². The molecular weight excluding hydrogens is 424 g/mol. The van der Waals surface area contributed by atoms with E-state index in [0.717, 1.165) is 33.8 Å². The molecule has 0 spiro atoms. The van der Waals surface area contributed by atoms with Gasteiger partial charge in [0.1, 0.15) is 0 Å². The third kappa shape index (κ3) is 4.20. The highest BCUT2D eigenvalue weighted by Gasteiger charge is 2.32. The molecule has 1 aliphatic rings. The van der Waals surface area contributed by atoms with Gasteiger partial charge in [0, 0.05) is 50.4 Å². The molecule has 4 rings (SSSR count). The van der Waals surface area contributed by atoms with Crippen LogP contribution in [0, 0.1) is 13.8 Å². The zero-order valence-electron chi connectivity index (χ0n) is 18.9. The van der Waals surface area contributed by atoms with Crippen LogP contribution in [0.25, 0.3) is 0 Å². The molecule has 0 bridgehead atoms. The summed E-state index contributed by atoms with van der Waals surface area (Å²) in [6.45, 7) is 6.27. The van der Waals surface area contributed by atoms with Crippen molar-refractivity contribution in [2.45, 2.75) is 45.2 Å². The summed E-state index contributed by atoms with van der Waals surface area (Å²) in [5.41, 5.74) is 5.25. The molecule has 3 aromatic rings. The van der Waals surface area contributed by atoms with Gasteiger partial charge in [0.15, 0.2) is 0 Å². The number of sulfonamides is 1. The number of aryl methyl sites for hydroxylation is 3. The van der Waals surface area contributed by atoms with Crippen LogP contribution >= 0.6 is 0 Å². The number of anilines is 1. The van der Waals surface area contributed by atoms with Crippen molar-refractivity contribution in [3.8, 4) is 0 Å². The number of amides is 1. The van der Waals surface area contributed by atoms with E-state index in [1.165, 1.54) is 11.2 Å². The van der Waals surface area contributed by atoms with E-state index in [1.807, 2.05) is 62.0 Å². The van der Waals surface area contributed by atoms with Gasteiger partial charge in [0.2, 0.25) is 15.9 Å². The molecule has 0 saturated carbocycles. The maximum Gasteiger partial charge on any atom is 0.243 e. The molecule has 1 aromatic heterocycles. The second-order valence-corrected chi connectivity index (χ2v) is 10.3. The number of nitrogens with zero attached hydrogens (tertiary/aromatic N) is 4. The molecule has 0 atom stereocenters. The van der Waals surface area contributed by atoms with Crippen molar-refractivity contribution in [2.24, 2.45) is 7.05 Å². The normalized spacial score (nSPS) is 14.2. The van der Waals surface area contributed by atoms with E-state index in [9.17, 15) is 13.2 Å². The maximum atomic E-state index is 13.4. The lowest BCUT2D eigenvalue weighted by Gasteiger charge is -2.28. The average Bonchev–Trinajstić information content (AvgIpc) is 3.06. The Morgan fingerprint density at radius 3 is 2.38 bits per heavy atom. The van der Waals surface area contributed by atoms with Crippen LogP contribution in [-0.4, -0.2) is 35.0 Å². The van der Waals surface area contributed by atoms with Crippen molar-refractivity contribution in [3.05, 3.63) is 76.6 Å². The predicted molar refractivity (Wildman–Crippen MR) is 124 cm³/mol. The Hall–Kier alpha value is -2.97. The van der Waals surface area contributed by atoms with E-state index < -0.39 is 10.0 Å². The fourth-order valence-corrected chi connectivity index (χ4v) is 5.95. The number of para-hydroxylation sites is 1. The minimum absolute atomic E-state index is 0.0915. The summed E-state index contributed by atoms with van der Waals surface area (Å²) in [4.78, 5) is 14.4. The number of aromatic nitrogens is 2. The lowest BCUT2D eigenvalue weighted by atomic mass is 10.1. The van der Waals surface area contributed by atoms with E-state index in [-0.39, 0.29) is 12.5 Å². The predicted octanol–water partition coefficient (Wildman–Crippen LogP) is 3.34. The monoisotopic (exact) mass is 452 g/mol. The molecule has 1 aliphatic heterocycles. The van der Waals surface area contributed by atoms with E-state index in [4.69, 9.17) is 0 Å². The molecule has 32 heavy (non-hydrogen) atoms. The molecule has 2 heterocycles. The number of fused-ring (bicyclic) bond motifs is 1. The molecule has 0 aliphatic carbocycles. The highest BCUT2D eigenvalue weighted by Crippen LogP contribution is 2.29. The third-order valence-corrected chi connectivity index (χ3v) is 7.70. The van der Waals surface area contributed by atoms with Crippen molar-refractivity contribution in [1.29, 1.82) is 0 Å². The Morgan fingerprint density at radius 1 is 1.09 bits per heavy atom. The summed E-state index contributed by atoms with van der Waals surface area (Å²) >= 11 is 0. The van der Waals surface area contributed by atoms with Gasteiger partial charge < -0.3 is 4.90 Å². The largest absolute Gasteiger partial charge is 0.307 e. The summed E-state index contributed by atoms with van der Waals surface area (Å²) in [5, 5.41) is 4.66. The smallest absolute Gasteiger partial charge is 0.243 e. The van der Waals surface area contributed by atoms with E-state index in [0.29, 0.717) is 24.4 Å². The number of benzene rings is 2. The molecule has 0 unspecified atom stereocenters. The van der Waals surface area contributed by atoms with Crippen LogP contribution in [0.4, 0.5) is 5.69 Å². The molecule has 0 radical (unpaired) electrons. The zero-order chi connectivity index (χ0) is 23.0. The lowest BCUT2D eigenvalue weighted by Crippen LogP contribution is -2.37. The van der Waals surface area contributed by atoms with Crippen molar-refractivity contribution in [1.82, 2.24) is 14.1 Å². The molecular formula is C24H28N4O3S. The fraction of sp³-hybridized carbons (Fsp3) is 0.333. The van der Waals surface area contributed by atoms with E-state index >= 15 is 0 Å². The van der Waals surface area contributed by atoms with Crippen LogP contribution in [0.1, 0.15) is 35.0 Å². The van der Waals surface area contributed by atoms with Gasteiger partial charge >= 0.3 is 0 Å².